The number of hydrogen-bond acceptors (Lipinski definition) is 5. The lowest BCUT2D eigenvalue weighted by Crippen LogP contribution is -2.09. The molecule has 0 aliphatic carbocycles. The van der Waals surface area contributed by atoms with Gasteiger partial charge in [0.15, 0.2) is 0 Å². The van der Waals surface area contributed by atoms with Crippen LogP contribution in [0.3, 0.4) is 0 Å². The van der Waals surface area contributed by atoms with Crippen LogP contribution in [0.15, 0.2) is 35.7 Å². The molecule has 5 heteroatoms. The van der Waals surface area contributed by atoms with E-state index < -0.39 is 5.97 Å². The van der Waals surface area contributed by atoms with E-state index in [1.54, 1.807) is 42.8 Å². The molecule has 0 aliphatic rings. The highest BCUT2D eigenvalue weighted by atomic mass is 32.1. The Morgan fingerprint density at radius 1 is 1.18 bits per heavy atom. The molecule has 4 nitrogen and oxygen atoms in total. The second kappa shape index (κ2) is 4.88. The summed E-state index contributed by atoms with van der Waals surface area (Å²) in [6.45, 7) is 0. The standard InChI is InChI=1S/C12H11NO3S/c1-15-8-2-4-9(5-3-8)16-12(14)10-6-7-17-11(10)13/h2-7H,13H2,1H3. The number of esters is 1. The van der Waals surface area contributed by atoms with Crippen molar-refractivity contribution in [3.05, 3.63) is 41.3 Å². The Kier molecular flexibility index (Phi) is 3.30. The number of nitrogen functional groups attached to an aromatic ring is 1. The Labute approximate surface area is 103 Å². The number of nitrogens with two attached hydrogens (primary N) is 1. The Bertz CT molecular complexity index is 519. The van der Waals surface area contributed by atoms with Crippen molar-refractivity contribution in [3.8, 4) is 11.5 Å². The summed E-state index contributed by atoms with van der Waals surface area (Å²) in [6.07, 6.45) is 0. The number of hydrogen-bond donors (Lipinski definition) is 1. The lowest BCUT2D eigenvalue weighted by molar-refractivity contribution is 0.0736. The summed E-state index contributed by atoms with van der Waals surface area (Å²) in [4.78, 5) is 11.7. The minimum atomic E-state index is -0.450. The predicted molar refractivity (Wildman–Crippen MR) is 66.7 cm³/mol. The smallest absolute Gasteiger partial charge is 0.346 e. The van der Waals surface area contributed by atoms with Crippen LogP contribution in [0.4, 0.5) is 5.00 Å². The third-order valence-corrected chi connectivity index (χ3v) is 2.93. The molecule has 0 aliphatic heterocycles. The molecule has 1 aromatic carbocycles. The quantitative estimate of drug-likeness (QED) is 0.670. The predicted octanol–water partition coefficient (Wildman–Crippen LogP) is 2.56. The Morgan fingerprint density at radius 3 is 2.35 bits per heavy atom. The van der Waals surface area contributed by atoms with Gasteiger partial charge in [0.25, 0.3) is 0 Å². The van der Waals surface area contributed by atoms with Gasteiger partial charge in [0, 0.05) is 0 Å². The van der Waals surface area contributed by atoms with E-state index >= 15 is 0 Å². The summed E-state index contributed by atoms with van der Waals surface area (Å²) in [7, 11) is 1.58. The summed E-state index contributed by atoms with van der Waals surface area (Å²) in [6, 6.07) is 8.42. The van der Waals surface area contributed by atoms with Gasteiger partial charge in [-0.1, -0.05) is 0 Å². The number of carbonyl (C=O) groups is 1. The first-order chi connectivity index (χ1) is 8.20. The molecular formula is C12H11NO3S. The van der Waals surface area contributed by atoms with Crippen LogP contribution < -0.4 is 15.2 Å². The lowest BCUT2D eigenvalue weighted by Gasteiger charge is -2.04. The average molecular weight is 249 g/mol. The van der Waals surface area contributed by atoms with Gasteiger partial charge >= 0.3 is 5.97 Å². The first kappa shape index (κ1) is 11.5. The molecule has 0 bridgehead atoms. The summed E-state index contributed by atoms with van der Waals surface area (Å²) in [5, 5.41) is 2.21. The lowest BCUT2D eigenvalue weighted by atomic mass is 10.3. The molecule has 0 spiro atoms. The molecule has 17 heavy (non-hydrogen) atoms. The molecule has 0 amide bonds. The molecule has 0 unspecified atom stereocenters. The van der Waals surface area contributed by atoms with Crippen molar-refractivity contribution in [2.75, 3.05) is 12.8 Å². The van der Waals surface area contributed by atoms with Gasteiger partial charge in [-0.2, -0.15) is 0 Å². The first-order valence-electron chi connectivity index (χ1n) is 4.90. The highest BCUT2D eigenvalue weighted by molar-refractivity contribution is 7.14. The monoisotopic (exact) mass is 249 g/mol. The number of anilines is 1. The molecular weight excluding hydrogens is 238 g/mol. The molecule has 2 rings (SSSR count). The number of carbonyl (C=O) groups excluding carboxylic acids is 1. The van der Waals surface area contributed by atoms with E-state index in [4.69, 9.17) is 15.2 Å². The Morgan fingerprint density at radius 2 is 1.82 bits per heavy atom. The fourth-order valence-corrected chi connectivity index (χ4v) is 1.92. The van der Waals surface area contributed by atoms with Crippen LogP contribution >= 0.6 is 11.3 Å². The van der Waals surface area contributed by atoms with Crippen molar-refractivity contribution >= 4 is 22.3 Å². The summed E-state index contributed by atoms with van der Waals surface area (Å²) in [5.74, 6) is 0.718. The molecule has 0 saturated carbocycles. The van der Waals surface area contributed by atoms with Crippen LogP contribution in [-0.4, -0.2) is 13.1 Å². The maximum Gasteiger partial charge on any atom is 0.346 e. The van der Waals surface area contributed by atoms with E-state index in [0.717, 1.165) is 0 Å². The zero-order chi connectivity index (χ0) is 12.3. The van der Waals surface area contributed by atoms with Crippen LogP contribution in [0.5, 0.6) is 11.5 Å². The van der Waals surface area contributed by atoms with Gasteiger partial charge in [-0.25, -0.2) is 4.79 Å². The molecule has 2 aromatic rings. The van der Waals surface area contributed by atoms with Gasteiger partial charge in [-0.15, -0.1) is 11.3 Å². The third kappa shape index (κ3) is 2.57. The van der Waals surface area contributed by atoms with Crippen LogP contribution in [0.1, 0.15) is 10.4 Å². The van der Waals surface area contributed by atoms with Crippen LogP contribution in [-0.2, 0) is 0 Å². The molecule has 1 aromatic heterocycles. The minimum Gasteiger partial charge on any atom is -0.497 e. The summed E-state index contributed by atoms with van der Waals surface area (Å²) >= 11 is 1.31. The largest absolute Gasteiger partial charge is 0.497 e. The number of rotatable bonds is 3. The molecule has 0 fully saturated rings. The molecule has 0 radical (unpaired) electrons. The Hall–Kier alpha value is -2.01. The maximum atomic E-state index is 11.7. The second-order valence-corrected chi connectivity index (χ2v) is 4.21. The molecule has 0 saturated heterocycles. The van der Waals surface area contributed by atoms with Crippen LogP contribution in [0, 0.1) is 0 Å². The van der Waals surface area contributed by atoms with Gasteiger partial charge in [-0.3, -0.25) is 0 Å². The second-order valence-electron chi connectivity index (χ2n) is 3.26. The fraction of sp³-hybridized carbons (Fsp3) is 0.0833. The summed E-state index contributed by atoms with van der Waals surface area (Å²) in [5.41, 5.74) is 6.03. The van der Waals surface area contributed by atoms with E-state index in [1.807, 2.05) is 0 Å². The molecule has 2 N–H and O–H groups in total. The van der Waals surface area contributed by atoms with Crippen molar-refractivity contribution in [2.45, 2.75) is 0 Å². The third-order valence-electron chi connectivity index (χ3n) is 2.19. The van der Waals surface area contributed by atoms with Crippen molar-refractivity contribution in [1.82, 2.24) is 0 Å². The zero-order valence-electron chi connectivity index (χ0n) is 9.17. The minimum absolute atomic E-state index is 0.394. The number of benzene rings is 1. The van der Waals surface area contributed by atoms with Crippen molar-refractivity contribution in [3.63, 3.8) is 0 Å². The van der Waals surface area contributed by atoms with E-state index in [-0.39, 0.29) is 0 Å². The average Bonchev–Trinajstić information content (AvgIpc) is 2.76. The van der Waals surface area contributed by atoms with Crippen molar-refractivity contribution < 1.29 is 14.3 Å². The Balaban J connectivity index is 2.10. The first-order valence-corrected chi connectivity index (χ1v) is 5.78. The van der Waals surface area contributed by atoms with E-state index in [2.05, 4.69) is 0 Å². The topological polar surface area (TPSA) is 61.5 Å². The van der Waals surface area contributed by atoms with Gasteiger partial charge in [0.2, 0.25) is 0 Å². The van der Waals surface area contributed by atoms with Gasteiger partial charge in [0.05, 0.1) is 12.7 Å². The fourth-order valence-electron chi connectivity index (χ4n) is 1.30. The van der Waals surface area contributed by atoms with Gasteiger partial charge in [-0.05, 0) is 35.7 Å². The van der Waals surface area contributed by atoms with Crippen LogP contribution in [0.25, 0.3) is 0 Å². The highest BCUT2D eigenvalue weighted by Gasteiger charge is 2.13. The molecule has 0 atom stereocenters. The zero-order valence-corrected chi connectivity index (χ0v) is 9.99. The van der Waals surface area contributed by atoms with Crippen molar-refractivity contribution in [2.24, 2.45) is 0 Å². The van der Waals surface area contributed by atoms with Gasteiger partial charge in [0.1, 0.15) is 16.5 Å². The summed E-state index contributed by atoms with van der Waals surface area (Å²) < 4.78 is 10.2. The van der Waals surface area contributed by atoms with E-state index in [9.17, 15) is 4.79 Å². The number of thiophene rings is 1. The SMILES string of the molecule is COc1ccc(OC(=O)c2ccsc2N)cc1. The van der Waals surface area contributed by atoms with Crippen LogP contribution in [0.2, 0.25) is 0 Å². The van der Waals surface area contributed by atoms with Crippen molar-refractivity contribution in [1.29, 1.82) is 0 Å². The van der Waals surface area contributed by atoms with E-state index in [0.29, 0.717) is 22.1 Å². The van der Waals surface area contributed by atoms with Gasteiger partial charge < -0.3 is 15.2 Å². The molecule has 1 heterocycles. The highest BCUT2D eigenvalue weighted by Crippen LogP contribution is 2.22. The van der Waals surface area contributed by atoms with E-state index in [1.165, 1.54) is 11.3 Å². The number of ether oxygens (including phenoxy) is 2. The maximum absolute atomic E-state index is 11.7. The number of methoxy groups -OCH3 is 1. The normalized spacial score (nSPS) is 9.94. The molecule has 88 valence electrons.